The van der Waals surface area contributed by atoms with Crippen LogP contribution in [0.2, 0.25) is 0 Å². The van der Waals surface area contributed by atoms with Crippen LogP contribution in [0.1, 0.15) is 45.4 Å². The lowest BCUT2D eigenvalue weighted by atomic mass is 10.1. The first-order chi connectivity index (χ1) is 5.91. The van der Waals surface area contributed by atoms with Gasteiger partial charge in [-0.15, -0.1) is 12.3 Å². The lowest BCUT2D eigenvalue weighted by molar-refractivity contribution is 0.588. The summed E-state index contributed by atoms with van der Waals surface area (Å²) >= 11 is 0. The SMILES string of the molecule is C#CCCCCCCNCCC. The van der Waals surface area contributed by atoms with Crippen molar-refractivity contribution >= 4 is 0 Å². The number of hydrogen-bond donors (Lipinski definition) is 1. The minimum Gasteiger partial charge on any atom is -0.317 e. The normalized spacial score (nSPS) is 9.67. The highest BCUT2D eigenvalue weighted by molar-refractivity contribution is 4.82. The van der Waals surface area contributed by atoms with E-state index in [0.717, 1.165) is 13.0 Å². The lowest BCUT2D eigenvalue weighted by Crippen LogP contribution is -2.15. The summed E-state index contributed by atoms with van der Waals surface area (Å²) in [5.74, 6) is 2.66. The van der Waals surface area contributed by atoms with Gasteiger partial charge in [-0.3, -0.25) is 0 Å². The predicted molar refractivity (Wildman–Crippen MR) is 55.1 cm³/mol. The summed E-state index contributed by atoms with van der Waals surface area (Å²) in [6, 6.07) is 0. The Kier molecular flexibility index (Phi) is 10.1. The van der Waals surface area contributed by atoms with Gasteiger partial charge in [0.1, 0.15) is 0 Å². The molecule has 0 aliphatic carbocycles. The van der Waals surface area contributed by atoms with Gasteiger partial charge in [0.25, 0.3) is 0 Å². The zero-order chi connectivity index (χ0) is 9.07. The van der Waals surface area contributed by atoms with E-state index in [1.54, 1.807) is 0 Å². The first kappa shape index (κ1) is 11.5. The van der Waals surface area contributed by atoms with Gasteiger partial charge >= 0.3 is 0 Å². The molecule has 0 aromatic heterocycles. The molecule has 0 aromatic carbocycles. The van der Waals surface area contributed by atoms with E-state index in [0.29, 0.717) is 0 Å². The van der Waals surface area contributed by atoms with Crippen LogP contribution < -0.4 is 5.32 Å². The molecule has 0 aromatic rings. The molecule has 0 aliphatic heterocycles. The summed E-state index contributed by atoms with van der Waals surface area (Å²) in [4.78, 5) is 0. The molecule has 1 N–H and O–H groups in total. The van der Waals surface area contributed by atoms with Crippen LogP contribution >= 0.6 is 0 Å². The van der Waals surface area contributed by atoms with Gasteiger partial charge in [-0.05, 0) is 32.4 Å². The molecule has 0 atom stereocenters. The van der Waals surface area contributed by atoms with Crippen LogP contribution in [0.4, 0.5) is 0 Å². The number of unbranched alkanes of at least 4 members (excludes halogenated alkanes) is 4. The zero-order valence-corrected chi connectivity index (χ0v) is 8.23. The minimum atomic E-state index is 0.947. The van der Waals surface area contributed by atoms with Crippen LogP contribution in [0, 0.1) is 12.3 Å². The highest BCUT2D eigenvalue weighted by atomic mass is 14.8. The van der Waals surface area contributed by atoms with Crippen molar-refractivity contribution in [2.45, 2.75) is 45.4 Å². The van der Waals surface area contributed by atoms with Crippen molar-refractivity contribution in [3.63, 3.8) is 0 Å². The summed E-state index contributed by atoms with van der Waals surface area (Å²) in [7, 11) is 0. The molecule has 1 heteroatoms. The maximum Gasteiger partial charge on any atom is 0.00860 e. The van der Waals surface area contributed by atoms with Gasteiger partial charge in [0, 0.05) is 6.42 Å². The molecule has 0 saturated heterocycles. The van der Waals surface area contributed by atoms with E-state index in [1.165, 1.54) is 38.6 Å². The molecule has 70 valence electrons. The van der Waals surface area contributed by atoms with Crippen molar-refractivity contribution in [2.75, 3.05) is 13.1 Å². The standard InChI is InChI=1S/C11H21N/c1-3-5-6-7-8-9-11-12-10-4-2/h1,12H,4-11H2,2H3. The van der Waals surface area contributed by atoms with E-state index in [9.17, 15) is 0 Å². The van der Waals surface area contributed by atoms with Gasteiger partial charge in [0.05, 0.1) is 0 Å². The molecule has 0 fully saturated rings. The molecule has 0 bridgehead atoms. The molecule has 0 radical (unpaired) electrons. The van der Waals surface area contributed by atoms with Crippen molar-refractivity contribution in [1.29, 1.82) is 0 Å². The molecule has 0 spiro atoms. The van der Waals surface area contributed by atoms with Crippen LogP contribution in [0.5, 0.6) is 0 Å². The third-order valence-electron chi connectivity index (χ3n) is 1.85. The van der Waals surface area contributed by atoms with Gasteiger partial charge in [-0.2, -0.15) is 0 Å². The van der Waals surface area contributed by atoms with Gasteiger partial charge < -0.3 is 5.32 Å². The van der Waals surface area contributed by atoms with E-state index in [2.05, 4.69) is 18.2 Å². The summed E-state index contributed by atoms with van der Waals surface area (Å²) in [5, 5.41) is 3.39. The van der Waals surface area contributed by atoms with E-state index < -0.39 is 0 Å². The average Bonchev–Trinajstić information content (AvgIpc) is 2.10. The van der Waals surface area contributed by atoms with Crippen molar-refractivity contribution in [1.82, 2.24) is 5.32 Å². The largest absolute Gasteiger partial charge is 0.317 e. The Morgan fingerprint density at radius 2 is 1.83 bits per heavy atom. The monoisotopic (exact) mass is 167 g/mol. The van der Waals surface area contributed by atoms with E-state index >= 15 is 0 Å². The quantitative estimate of drug-likeness (QED) is 0.433. The molecule has 1 nitrogen and oxygen atoms in total. The molecular formula is C11H21N. The lowest BCUT2D eigenvalue weighted by Gasteiger charge is -2.01. The number of terminal acetylenes is 1. The maximum absolute atomic E-state index is 5.15. The summed E-state index contributed by atoms with van der Waals surface area (Å²) in [6.45, 7) is 4.52. The van der Waals surface area contributed by atoms with Gasteiger partial charge in [-0.1, -0.05) is 19.8 Å². The fourth-order valence-corrected chi connectivity index (χ4v) is 1.13. The van der Waals surface area contributed by atoms with Crippen molar-refractivity contribution < 1.29 is 0 Å². The Hall–Kier alpha value is -0.480. The van der Waals surface area contributed by atoms with E-state index in [1.807, 2.05) is 0 Å². The van der Waals surface area contributed by atoms with Gasteiger partial charge in [0.2, 0.25) is 0 Å². The highest BCUT2D eigenvalue weighted by Gasteiger charge is 1.88. The van der Waals surface area contributed by atoms with E-state index in [4.69, 9.17) is 6.42 Å². The van der Waals surface area contributed by atoms with E-state index in [-0.39, 0.29) is 0 Å². The minimum absolute atomic E-state index is 0.947. The van der Waals surface area contributed by atoms with Crippen LogP contribution in [0.25, 0.3) is 0 Å². The van der Waals surface area contributed by atoms with Crippen LogP contribution in [0.15, 0.2) is 0 Å². The van der Waals surface area contributed by atoms with Crippen LogP contribution in [0.3, 0.4) is 0 Å². The van der Waals surface area contributed by atoms with Crippen molar-refractivity contribution in [3.8, 4) is 12.3 Å². The van der Waals surface area contributed by atoms with Gasteiger partial charge in [-0.25, -0.2) is 0 Å². The summed E-state index contributed by atoms with van der Waals surface area (Å²) < 4.78 is 0. The number of nitrogens with one attached hydrogen (secondary N) is 1. The highest BCUT2D eigenvalue weighted by Crippen LogP contribution is 2.00. The Morgan fingerprint density at radius 3 is 2.50 bits per heavy atom. The molecule has 0 unspecified atom stereocenters. The van der Waals surface area contributed by atoms with Crippen molar-refractivity contribution in [2.24, 2.45) is 0 Å². The Balaban J connectivity index is 2.78. The summed E-state index contributed by atoms with van der Waals surface area (Å²) in [6.07, 6.45) is 12.4. The fourth-order valence-electron chi connectivity index (χ4n) is 1.13. The second-order valence-electron chi connectivity index (χ2n) is 3.12. The predicted octanol–water partition coefficient (Wildman–Crippen LogP) is 2.57. The fraction of sp³-hybridized carbons (Fsp3) is 0.818. The summed E-state index contributed by atoms with van der Waals surface area (Å²) in [5.41, 5.74) is 0. The first-order valence-electron chi connectivity index (χ1n) is 5.06. The molecule has 0 rings (SSSR count). The molecule has 0 heterocycles. The number of hydrogen-bond acceptors (Lipinski definition) is 1. The second kappa shape index (κ2) is 10.5. The van der Waals surface area contributed by atoms with Crippen LogP contribution in [-0.4, -0.2) is 13.1 Å². The molecule has 12 heavy (non-hydrogen) atoms. The Morgan fingerprint density at radius 1 is 1.08 bits per heavy atom. The maximum atomic E-state index is 5.15. The third-order valence-corrected chi connectivity index (χ3v) is 1.85. The average molecular weight is 167 g/mol. The topological polar surface area (TPSA) is 12.0 Å². The third kappa shape index (κ3) is 9.52. The molecular weight excluding hydrogens is 146 g/mol. The number of rotatable bonds is 8. The molecule has 0 aliphatic rings. The Bertz CT molecular complexity index is 113. The Labute approximate surface area is 76.9 Å². The zero-order valence-electron chi connectivity index (χ0n) is 8.23. The second-order valence-corrected chi connectivity index (χ2v) is 3.12. The first-order valence-corrected chi connectivity index (χ1v) is 5.06. The van der Waals surface area contributed by atoms with Crippen molar-refractivity contribution in [3.05, 3.63) is 0 Å². The van der Waals surface area contributed by atoms with Crippen LogP contribution in [-0.2, 0) is 0 Å². The smallest absolute Gasteiger partial charge is 0.00860 e. The molecule has 0 amide bonds. The molecule has 0 saturated carbocycles. The van der Waals surface area contributed by atoms with Gasteiger partial charge in [0.15, 0.2) is 0 Å².